The summed E-state index contributed by atoms with van der Waals surface area (Å²) in [4.78, 5) is 0. The fourth-order valence-corrected chi connectivity index (χ4v) is 8.87. The Morgan fingerprint density at radius 2 is 0.733 bits per heavy atom. The van der Waals surface area contributed by atoms with Crippen molar-refractivity contribution in [3.8, 4) is 0 Å². The molecule has 45 heavy (non-hydrogen) atoms. The first-order chi connectivity index (χ1) is 20.5. The highest BCUT2D eigenvalue weighted by Gasteiger charge is 2.44. The lowest BCUT2D eigenvalue weighted by molar-refractivity contribution is 0.296. The lowest BCUT2D eigenvalue weighted by Gasteiger charge is -2.27. The van der Waals surface area contributed by atoms with E-state index in [1.165, 1.54) is 50.2 Å². The van der Waals surface area contributed by atoms with Crippen LogP contribution in [0.5, 0.6) is 0 Å². The van der Waals surface area contributed by atoms with Crippen LogP contribution in [0.2, 0.25) is 0 Å². The van der Waals surface area contributed by atoms with Crippen molar-refractivity contribution in [1.82, 2.24) is 0 Å². The van der Waals surface area contributed by atoms with Crippen molar-refractivity contribution in [2.24, 2.45) is 76.9 Å². The molecule has 0 aliphatic heterocycles. The summed E-state index contributed by atoms with van der Waals surface area (Å²) in [6, 6.07) is 0. The summed E-state index contributed by atoms with van der Waals surface area (Å²) in [7, 11) is 0. The molecule has 3 unspecified atom stereocenters. The van der Waals surface area contributed by atoms with Gasteiger partial charge in [-0.15, -0.1) is 0 Å². The Hall–Kier alpha value is -2.08. The summed E-state index contributed by atoms with van der Waals surface area (Å²) >= 11 is 0. The minimum absolute atomic E-state index is 0.467. The largest absolute Gasteiger partial charge is 0.0989 e. The van der Waals surface area contributed by atoms with Gasteiger partial charge in [0.05, 0.1) is 0 Å². The van der Waals surface area contributed by atoms with Crippen LogP contribution < -0.4 is 0 Å². The van der Waals surface area contributed by atoms with Crippen molar-refractivity contribution < 1.29 is 0 Å². The highest BCUT2D eigenvalue weighted by molar-refractivity contribution is 5.57. The van der Waals surface area contributed by atoms with Gasteiger partial charge >= 0.3 is 0 Å². The monoisotopic (exact) mass is 615 g/mol. The van der Waals surface area contributed by atoms with Crippen LogP contribution in [0, 0.1) is 76.9 Å². The molecule has 0 radical (unpaired) electrons. The van der Waals surface area contributed by atoms with Gasteiger partial charge in [-0.2, -0.15) is 0 Å². The zero-order valence-electron chi connectivity index (χ0n) is 32.8. The minimum Gasteiger partial charge on any atom is -0.0989 e. The quantitative estimate of drug-likeness (QED) is 0.239. The molecule has 0 heteroatoms. The minimum atomic E-state index is 0.467. The molecule has 3 atom stereocenters. The molecule has 3 aliphatic rings. The SMILES string of the molecule is C=C1C(C(C)C)=C(C(C)C)C(=C)C1C(C)C.C=C1C(C(C)C)C(=C)C(C(C)C)C1C(C)C.C=C1C=C(C(C)C)C(=C)C1C(C)C. The third kappa shape index (κ3) is 9.05. The fraction of sp³-hybridized carbons (Fsp3) is 0.644. The molecule has 0 bridgehead atoms. The van der Waals surface area contributed by atoms with Crippen molar-refractivity contribution in [2.75, 3.05) is 0 Å². The van der Waals surface area contributed by atoms with Gasteiger partial charge in [0.2, 0.25) is 0 Å². The van der Waals surface area contributed by atoms with Crippen LogP contribution in [0.4, 0.5) is 0 Å². The Labute approximate surface area is 282 Å². The highest BCUT2D eigenvalue weighted by Crippen LogP contribution is 2.52. The molecule has 0 heterocycles. The summed E-state index contributed by atoms with van der Waals surface area (Å²) < 4.78 is 0. The topological polar surface area (TPSA) is 0 Å². The highest BCUT2D eigenvalue weighted by atomic mass is 14.5. The third-order valence-electron chi connectivity index (χ3n) is 10.5. The molecular formula is C45H74. The summed E-state index contributed by atoms with van der Waals surface area (Å²) in [5, 5.41) is 0. The Kier molecular flexibility index (Phi) is 15.2. The molecule has 0 nitrogen and oxygen atoms in total. The van der Waals surface area contributed by atoms with E-state index in [1.54, 1.807) is 0 Å². The summed E-state index contributed by atoms with van der Waals surface area (Å²) in [6.45, 7) is 62.0. The van der Waals surface area contributed by atoms with Crippen LogP contribution >= 0.6 is 0 Å². The van der Waals surface area contributed by atoms with Gasteiger partial charge in [0, 0.05) is 17.8 Å². The summed E-state index contributed by atoms with van der Waals surface area (Å²) in [6.07, 6.45) is 2.22. The van der Waals surface area contributed by atoms with E-state index < -0.39 is 0 Å². The van der Waals surface area contributed by atoms with Crippen LogP contribution in [0.15, 0.2) is 95.7 Å². The first-order valence-electron chi connectivity index (χ1n) is 18.1. The Balaban J connectivity index is 0.000000340. The van der Waals surface area contributed by atoms with E-state index in [1.807, 2.05) is 0 Å². The molecule has 0 N–H and O–H groups in total. The molecule has 3 rings (SSSR count). The van der Waals surface area contributed by atoms with Crippen molar-refractivity contribution >= 4 is 0 Å². The second-order valence-electron chi connectivity index (χ2n) is 16.9. The van der Waals surface area contributed by atoms with Gasteiger partial charge in [-0.25, -0.2) is 0 Å². The van der Waals surface area contributed by atoms with Gasteiger partial charge in [-0.3, -0.25) is 0 Å². The van der Waals surface area contributed by atoms with E-state index in [9.17, 15) is 0 Å². The number of hydrogen-bond donors (Lipinski definition) is 0. The van der Waals surface area contributed by atoms with Gasteiger partial charge in [0.1, 0.15) is 0 Å². The smallest absolute Gasteiger partial charge is 0.0106 e. The molecule has 0 spiro atoms. The predicted octanol–water partition coefficient (Wildman–Crippen LogP) is 13.9. The van der Waals surface area contributed by atoms with Gasteiger partial charge in [-0.1, -0.05) is 167 Å². The number of allylic oxidation sites excluding steroid dienone is 10. The van der Waals surface area contributed by atoms with Crippen LogP contribution in [-0.2, 0) is 0 Å². The maximum Gasteiger partial charge on any atom is 0.0106 e. The van der Waals surface area contributed by atoms with Crippen LogP contribution in [0.1, 0.15) is 111 Å². The van der Waals surface area contributed by atoms with E-state index >= 15 is 0 Å². The number of hydrogen-bond acceptors (Lipinski definition) is 0. The zero-order valence-corrected chi connectivity index (χ0v) is 32.8. The maximum atomic E-state index is 4.38. The summed E-state index contributed by atoms with van der Waals surface area (Å²) in [5.41, 5.74) is 12.4. The normalized spacial score (nSPS) is 24.5. The van der Waals surface area contributed by atoms with Crippen molar-refractivity contribution in [2.45, 2.75) is 111 Å². The Morgan fingerprint density at radius 3 is 0.933 bits per heavy atom. The first-order valence-corrected chi connectivity index (χ1v) is 18.1. The molecule has 0 aromatic rings. The zero-order chi connectivity index (χ0) is 35.4. The van der Waals surface area contributed by atoms with E-state index in [4.69, 9.17) is 0 Å². The van der Waals surface area contributed by atoms with Crippen molar-refractivity contribution in [3.63, 3.8) is 0 Å². The third-order valence-corrected chi connectivity index (χ3v) is 10.5. The molecule has 0 saturated heterocycles. The van der Waals surface area contributed by atoms with Gasteiger partial charge in [0.25, 0.3) is 0 Å². The molecule has 0 aromatic heterocycles. The second-order valence-corrected chi connectivity index (χ2v) is 16.9. The number of rotatable bonds is 8. The van der Waals surface area contributed by atoms with Crippen LogP contribution in [0.3, 0.4) is 0 Å². The molecule has 0 amide bonds. The first kappa shape index (κ1) is 40.9. The molecule has 254 valence electrons. The molecule has 1 saturated carbocycles. The fourth-order valence-electron chi connectivity index (χ4n) is 8.87. The molecule has 0 aromatic carbocycles. The van der Waals surface area contributed by atoms with Crippen molar-refractivity contribution in [1.29, 1.82) is 0 Å². The van der Waals surface area contributed by atoms with Gasteiger partial charge in [-0.05, 0) is 98.2 Å². The summed E-state index contributed by atoms with van der Waals surface area (Å²) in [5.74, 6) is 7.69. The molecular weight excluding hydrogens is 540 g/mol. The maximum absolute atomic E-state index is 4.38. The average Bonchev–Trinajstić information content (AvgIpc) is 3.44. The van der Waals surface area contributed by atoms with Gasteiger partial charge in [0.15, 0.2) is 0 Å². The predicted molar refractivity (Wildman–Crippen MR) is 206 cm³/mol. The lowest BCUT2D eigenvalue weighted by Crippen LogP contribution is -2.20. The Morgan fingerprint density at radius 1 is 0.400 bits per heavy atom. The van der Waals surface area contributed by atoms with E-state index in [0.717, 1.165) is 0 Å². The molecule has 3 aliphatic carbocycles. The second kappa shape index (κ2) is 16.7. The average molecular weight is 615 g/mol. The van der Waals surface area contributed by atoms with Crippen molar-refractivity contribution in [3.05, 3.63) is 95.7 Å². The van der Waals surface area contributed by atoms with Crippen LogP contribution in [-0.4, -0.2) is 0 Å². The van der Waals surface area contributed by atoms with E-state index in [2.05, 4.69) is 156 Å². The molecule has 1 fully saturated rings. The van der Waals surface area contributed by atoms with E-state index in [-0.39, 0.29) is 0 Å². The van der Waals surface area contributed by atoms with E-state index in [0.29, 0.717) is 76.9 Å². The lowest BCUT2D eigenvalue weighted by atomic mass is 9.77. The Bertz CT molecular complexity index is 1120. The van der Waals surface area contributed by atoms with Gasteiger partial charge < -0.3 is 0 Å². The van der Waals surface area contributed by atoms with Crippen LogP contribution in [0.25, 0.3) is 0 Å². The standard InChI is InChI=1S/C16H28.C16H26.C13H20/c2*1-9(2)14-12(7)15(10(3)4)16(11(5)6)13(14)8;1-8(2)12-7-10(5)13(9(3)4)11(12)6/h9-11,14-16H,7-8H2,1-6H3;9-11,14H,7-8H2,1-6H3;7-9,13H,5-6H2,1-4H3.